The Morgan fingerprint density at radius 3 is 1.78 bits per heavy atom. The van der Waals surface area contributed by atoms with Crippen LogP contribution in [0.25, 0.3) is 105 Å². The number of nitrogens with zero attached hydrogens (tertiary/aromatic N) is 4. The van der Waals surface area contributed by atoms with Crippen LogP contribution in [0.3, 0.4) is 0 Å². The lowest BCUT2D eigenvalue weighted by Crippen LogP contribution is -2.09. The molecule has 0 aliphatic carbocycles. The number of rotatable bonds is 6. The Labute approximate surface area is 397 Å². The van der Waals surface area contributed by atoms with Gasteiger partial charge in [-0.25, -0.2) is 9.98 Å². The second kappa shape index (κ2) is 15.8. The molecule has 14 rings (SSSR count). The molecule has 0 saturated carbocycles. The Balaban J connectivity index is 0.963. The van der Waals surface area contributed by atoms with Gasteiger partial charge in [0.1, 0.15) is 5.58 Å². The Kier molecular flexibility index (Phi) is 8.96. The van der Waals surface area contributed by atoms with Gasteiger partial charge in [-0.05, 0) is 107 Å². The molecule has 10 aromatic carbocycles. The number of amidine groups is 1. The number of hydrogen-bond acceptors (Lipinski definition) is 3. The fraction of sp³-hybridized carbons (Fsp3) is 0.0312. The van der Waals surface area contributed by atoms with E-state index in [4.69, 9.17) is 14.4 Å². The molecule has 0 bridgehead atoms. The van der Waals surface area contributed by atoms with Gasteiger partial charge in [-0.3, -0.25) is 0 Å². The van der Waals surface area contributed by atoms with E-state index in [2.05, 4.69) is 234 Å². The molecule has 5 nitrogen and oxygen atoms in total. The zero-order valence-corrected chi connectivity index (χ0v) is 37.6. The zero-order valence-electron chi connectivity index (χ0n) is 37.6. The van der Waals surface area contributed by atoms with Crippen LogP contribution in [-0.4, -0.2) is 20.7 Å². The van der Waals surface area contributed by atoms with Gasteiger partial charge in [0.25, 0.3) is 0 Å². The summed E-state index contributed by atoms with van der Waals surface area (Å²) in [5, 5.41) is 9.33. The van der Waals surface area contributed by atoms with Crippen molar-refractivity contribution in [2.75, 3.05) is 0 Å². The highest BCUT2D eigenvalue weighted by atomic mass is 16.3. The van der Waals surface area contributed by atoms with E-state index >= 15 is 0 Å². The Bertz CT molecular complexity index is 4280. The van der Waals surface area contributed by atoms with Crippen LogP contribution in [0, 0.1) is 0 Å². The van der Waals surface area contributed by atoms with Crippen molar-refractivity contribution in [2.45, 2.75) is 12.8 Å². The van der Waals surface area contributed by atoms with Gasteiger partial charge in [0.15, 0.2) is 11.4 Å². The topological polar surface area (TPSA) is 47.7 Å². The van der Waals surface area contributed by atoms with E-state index in [1.807, 2.05) is 6.07 Å². The van der Waals surface area contributed by atoms with Crippen molar-refractivity contribution in [3.8, 4) is 22.5 Å². The Morgan fingerprint density at radius 2 is 1.00 bits per heavy atom. The van der Waals surface area contributed by atoms with Crippen molar-refractivity contribution in [2.24, 2.45) is 9.98 Å². The van der Waals surface area contributed by atoms with Crippen LogP contribution in [0.1, 0.15) is 29.5 Å². The third-order valence-corrected chi connectivity index (χ3v) is 14.0. The Morgan fingerprint density at radius 1 is 0.406 bits per heavy atom. The van der Waals surface area contributed by atoms with Crippen molar-refractivity contribution < 1.29 is 4.42 Å². The third kappa shape index (κ3) is 6.39. The number of benzene rings is 10. The third-order valence-electron chi connectivity index (χ3n) is 14.0. The Hall–Kier alpha value is -9.06. The number of fused-ring (bicyclic) bond motifs is 10. The number of aliphatic imine (C=N–C) groups is 2. The van der Waals surface area contributed by atoms with Crippen LogP contribution >= 0.6 is 0 Å². The summed E-state index contributed by atoms with van der Waals surface area (Å²) >= 11 is 0. The number of aromatic nitrogens is 2. The smallest absolute Gasteiger partial charge is 0.160 e. The molecule has 0 fully saturated rings. The highest BCUT2D eigenvalue weighted by Crippen LogP contribution is 2.43. The van der Waals surface area contributed by atoms with Crippen LogP contribution in [0.4, 0.5) is 0 Å². The molecule has 0 N–H and O–H groups in total. The van der Waals surface area contributed by atoms with Crippen LogP contribution in [0.5, 0.6) is 0 Å². The van der Waals surface area contributed by atoms with Crippen molar-refractivity contribution in [1.29, 1.82) is 0 Å². The molecule has 5 heteroatoms. The molecule has 13 aromatic rings. The van der Waals surface area contributed by atoms with Crippen LogP contribution in [-0.2, 0) is 0 Å². The summed E-state index contributed by atoms with van der Waals surface area (Å²) in [7, 11) is 0. The van der Waals surface area contributed by atoms with Crippen molar-refractivity contribution in [3.05, 3.63) is 247 Å². The monoisotopic (exact) mass is 882 g/mol. The molecule has 0 atom stereocenters. The number of allylic oxidation sites excluding steroid dienone is 1. The van der Waals surface area contributed by atoms with Gasteiger partial charge in [-0.15, -0.1) is 0 Å². The molecule has 0 amide bonds. The van der Waals surface area contributed by atoms with Gasteiger partial charge in [0.05, 0.1) is 39.2 Å². The van der Waals surface area contributed by atoms with E-state index < -0.39 is 0 Å². The molecular weight excluding hydrogens is 841 g/mol. The fourth-order valence-corrected chi connectivity index (χ4v) is 10.8. The van der Waals surface area contributed by atoms with E-state index in [0.29, 0.717) is 5.84 Å². The molecule has 1 aliphatic rings. The van der Waals surface area contributed by atoms with E-state index in [1.165, 1.54) is 48.9 Å². The van der Waals surface area contributed by atoms with Gasteiger partial charge >= 0.3 is 0 Å². The van der Waals surface area contributed by atoms with Crippen molar-refractivity contribution in [1.82, 2.24) is 9.13 Å². The first-order valence-corrected chi connectivity index (χ1v) is 23.7. The minimum Gasteiger partial charge on any atom is -0.454 e. The van der Waals surface area contributed by atoms with Gasteiger partial charge in [0.2, 0.25) is 0 Å². The molecule has 0 unspecified atom stereocenters. The molecular formula is C64H42N4O. The molecule has 1 aliphatic heterocycles. The highest BCUT2D eigenvalue weighted by molar-refractivity contribution is 6.20. The first kappa shape index (κ1) is 39.1. The lowest BCUT2D eigenvalue weighted by atomic mass is 9.98. The van der Waals surface area contributed by atoms with E-state index in [9.17, 15) is 0 Å². The first-order valence-electron chi connectivity index (χ1n) is 23.7. The molecule has 69 heavy (non-hydrogen) atoms. The second-order valence-electron chi connectivity index (χ2n) is 18.0. The van der Waals surface area contributed by atoms with Crippen molar-refractivity contribution >= 4 is 93.6 Å². The molecule has 324 valence electrons. The van der Waals surface area contributed by atoms with E-state index in [-0.39, 0.29) is 0 Å². The maximum absolute atomic E-state index is 6.99. The highest BCUT2D eigenvalue weighted by Gasteiger charge is 2.23. The van der Waals surface area contributed by atoms with Crippen LogP contribution < -0.4 is 0 Å². The second-order valence-corrected chi connectivity index (χ2v) is 18.0. The average Bonchev–Trinajstić information content (AvgIpc) is 4.06. The normalized spacial score (nSPS) is 13.4. The van der Waals surface area contributed by atoms with E-state index in [0.717, 1.165) is 90.9 Å². The lowest BCUT2D eigenvalue weighted by Gasteiger charge is -2.16. The summed E-state index contributed by atoms with van der Waals surface area (Å²) in [4.78, 5) is 11.2. The number of furan rings is 1. The molecule has 0 saturated heterocycles. The van der Waals surface area contributed by atoms with Gasteiger partial charge in [-0.2, -0.15) is 0 Å². The zero-order chi connectivity index (χ0) is 45.4. The predicted molar refractivity (Wildman–Crippen MR) is 289 cm³/mol. The predicted octanol–water partition coefficient (Wildman–Crippen LogP) is 16.7. The maximum atomic E-state index is 6.99. The van der Waals surface area contributed by atoms with Crippen LogP contribution in [0.2, 0.25) is 0 Å². The number of para-hydroxylation sites is 4. The number of hydrogen-bond donors (Lipinski definition) is 0. The van der Waals surface area contributed by atoms with Gasteiger partial charge in [0, 0.05) is 49.1 Å². The summed E-state index contributed by atoms with van der Waals surface area (Å²) in [6.07, 6.45) is 3.78. The van der Waals surface area contributed by atoms with Gasteiger partial charge in [-0.1, -0.05) is 164 Å². The largest absolute Gasteiger partial charge is 0.454 e. The SMILES string of the molecule is C1=C(c2ccc(-n3c4ccccc4c4cc5ccccc5cc43)c3oc4ccccc4c23)N=C(c2ccc(-c3ccccc3)cc2)N=C(c2ccc3c(c2)c2ccccc2n3-c2ccccc2)CC1. The maximum Gasteiger partial charge on any atom is 0.160 e. The molecule has 0 radical (unpaired) electrons. The average molecular weight is 883 g/mol. The molecule has 0 spiro atoms. The van der Waals surface area contributed by atoms with Crippen molar-refractivity contribution in [3.63, 3.8) is 0 Å². The first-order chi connectivity index (χ1) is 34.2. The lowest BCUT2D eigenvalue weighted by molar-refractivity contribution is 0.666. The minimum atomic E-state index is 0.668. The van der Waals surface area contributed by atoms with E-state index in [1.54, 1.807) is 0 Å². The molecule has 3 aromatic heterocycles. The quantitative estimate of drug-likeness (QED) is 0.164. The van der Waals surface area contributed by atoms with Crippen LogP contribution in [0.15, 0.2) is 245 Å². The van der Waals surface area contributed by atoms with Gasteiger partial charge < -0.3 is 13.6 Å². The summed E-state index contributed by atoms with van der Waals surface area (Å²) in [5.41, 5.74) is 15.6. The molecule has 4 heterocycles. The fourth-order valence-electron chi connectivity index (χ4n) is 10.8. The standard InChI is InChI=1S/C64H42N4O/c1-3-16-41(17-4-1)42-30-32-43(33-31-42)64-65-54(46-34-36-58-52(39-46)48-22-9-12-27-56(48)67(58)47-20-5-2-6-21-47)25-15-26-55(66-64)50-35-37-59(63-62(50)51-24-11-14-29-61(51)69-63)68-57-28-13-10-23-49(57)53-38-44-18-7-8-19-45(44)40-60(53)68/h1-14,16-24,26-40H,15,25H2. The summed E-state index contributed by atoms with van der Waals surface area (Å²) in [6, 6.07) is 80.1. The summed E-state index contributed by atoms with van der Waals surface area (Å²) in [5.74, 6) is 0.668. The summed E-state index contributed by atoms with van der Waals surface area (Å²) < 4.78 is 11.7. The summed E-state index contributed by atoms with van der Waals surface area (Å²) in [6.45, 7) is 0. The minimum absolute atomic E-state index is 0.668.